The summed E-state index contributed by atoms with van der Waals surface area (Å²) in [6.45, 7) is 4.14. The topological polar surface area (TPSA) is 56.1 Å². The van der Waals surface area contributed by atoms with Crippen molar-refractivity contribution < 1.29 is 9.53 Å². The van der Waals surface area contributed by atoms with Crippen LogP contribution in [0.5, 0.6) is 5.75 Å². The lowest BCUT2D eigenvalue weighted by molar-refractivity contribution is -0.127. The van der Waals surface area contributed by atoms with Crippen molar-refractivity contribution in [3.8, 4) is 11.4 Å². The van der Waals surface area contributed by atoms with Gasteiger partial charge in [0.05, 0.1) is 12.0 Å². The number of carbonyl (C=O) groups excluding carboxylic acids is 1. The monoisotopic (exact) mass is 335 g/mol. The Kier molecular flexibility index (Phi) is 5.14. The van der Waals surface area contributed by atoms with E-state index < -0.39 is 6.10 Å². The molecule has 0 fully saturated rings. The van der Waals surface area contributed by atoms with Crippen molar-refractivity contribution in [2.75, 3.05) is 0 Å². The highest BCUT2D eigenvalue weighted by atomic mass is 16.5. The molecular weight excluding hydrogens is 314 g/mol. The van der Waals surface area contributed by atoms with Crippen LogP contribution in [0.3, 0.4) is 0 Å². The van der Waals surface area contributed by atoms with Crippen LogP contribution in [0.1, 0.15) is 18.1 Å². The Morgan fingerprint density at radius 1 is 1.20 bits per heavy atom. The predicted molar refractivity (Wildman–Crippen MR) is 96.7 cm³/mol. The van der Waals surface area contributed by atoms with Gasteiger partial charge in [-0.25, -0.2) is 4.98 Å². The van der Waals surface area contributed by atoms with E-state index in [4.69, 9.17) is 4.74 Å². The number of hydrogen-bond acceptors (Lipinski definition) is 3. The Labute approximate surface area is 147 Å². The Morgan fingerprint density at radius 2 is 1.96 bits per heavy atom. The molecular formula is C20H21N3O2. The zero-order chi connectivity index (χ0) is 17.6. The van der Waals surface area contributed by atoms with Gasteiger partial charge in [-0.15, -0.1) is 0 Å². The molecule has 0 saturated heterocycles. The van der Waals surface area contributed by atoms with Gasteiger partial charge in [0.15, 0.2) is 6.10 Å². The minimum absolute atomic E-state index is 0.149. The molecule has 0 radical (unpaired) electrons. The summed E-state index contributed by atoms with van der Waals surface area (Å²) in [5.41, 5.74) is 3.01. The molecule has 5 heteroatoms. The van der Waals surface area contributed by atoms with Crippen molar-refractivity contribution in [3.05, 3.63) is 78.4 Å². The normalized spacial score (nSPS) is 11.8. The molecule has 1 heterocycles. The summed E-state index contributed by atoms with van der Waals surface area (Å²) >= 11 is 0. The molecule has 0 unspecified atom stereocenters. The third kappa shape index (κ3) is 4.07. The largest absolute Gasteiger partial charge is 0.481 e. The van der Waals surface area contributed by atoms with Crippen LogP contribution in [0, 0.1) is 6.92 Å². The van der Waals surface area contributed by atoms with Gasteiger partial charge in [0.1, 0.15) is 5.75 Å². The van der Waals surface area contributed by atoms with Crippen LogP contribution in [-0.4, -0.2) is 21.6 Å². The maximum absolute atomic E-state index is 12.4. The lowest BCUT2D eigenvalue weighted by Gasteiger charge is -2.17. The molecule has 128 valence electrons. The number of carbonyl (C=O) groups is 1. The summed E-state index contributed by atoms with van der Waals surface area (Å²) in [6.07, 6.45) is 4.78. The van der Waals surface area contributed by atoms with Crippen molar-refractivity contribution >= 4 is 5.91 Å². The molecule has 3 aromatic rings. The van der Waals surface area contributed by atoms with Crippen LogP contribution in [0.4, 0.5) is 0 Å². The third-order valence-corrected chi connectivity index (χ3v) is 3.99. The second-order valence-corrected chi connectivity index (χ2v) is 5.84. The number of amides is 1. The molecule has 1 amide bonds. The van der Waals surface area contributed by atoms with Gasteiger partial charge in [0.25, 0.3) is 5.91 Å². The van der Waals surface area contributed by atoms with E-state index in [0.29, 0.717) is 6.54 Å². The number of aryl methyl sites for hydroxylation is 1. The van der Waals surface area contributed by atoms with Gasteiger partial charge in [0.2, 0.25) is 0 Å². The van der Waals surface area contributed by atoms with Gasteiger partial charge in [-0.1, -0.05) is 36.4 Å². The van der Waals surface area contributed by atoms with Crippen molar-refractivity contribution in [2.45, 2.75) is 26.5 Å². The zero-order valence-electron chi connectivity index (χ0n) is 14.3. The second-order valence-electron chi connectivity index (χ2n) is 5.84. The van der Waals surface area contributed by atoms with Gasteiger partial charge < -0.3 is 14.6 Å². The quantitative estimate of drug-likeness (QED) is 0.752. The molecule has 0 aliphatic rings. The summed E-state index contributed by atoms with van der Waals surface area (Å²) < 4.78 is 7.70. The average molecular weight is 335 g/mol. The zero-order valence-corrected chi connectivity index (χ0v) is 14.3. The van der Waals surface area contributed by atoms with Crippen LogP contribution < -0.4 is 10.1 Å². The molecule has 1 atom stereocenters. The maximum atomic E-state index is 12.4. The standard InChI is InChI=1S/C20H21N3O2/c1-15-7-3-6-10-19(15)25-16(2)20(24)22-13-17-8-4-5-9-18(17)23-12-11-21-14-23/h3-12,14,16H,13H2,1-2H3,(H,22,24)/t16-/m1/s1. The fourth-order valence-electron chi connectivity index (χ4n) is 2.57. The van der Waals surface area contributed by atoms with E-state index in [1.54, 1.807) is 19.4 Å². The van der Waals surface area contributed by atoms with E-state index in [-0.39, 0.29) is 5.91 Å². The van der Waals surface area contributed by atoms with E-state index >= 15 is 0 Å². The van der Waals surface area contributed by atoms with Crippen molar-refractivity contribution in [3.63, 3.8) is 0 Å². The van der Waals surface area contributed by atoms with Gasteiger partial charge in [-0.2, -0.15) is 0 Å². The number of aromatic nitrogens is 2. The first-order valence-electron chi connectivity index (χ1n) is 8.21. The Morgan fingerprint density at radius 3 is 2.72 bits per heavy atom. The van der Waals surface area contributed by atoms with Crippen molar-refractivity contribution in [2.24, 2.45) is 0 Å². The van der Waals surface area contributed by atoms with Crippen LogP contribution in [0.25, 0.3) is 5.69 Å². The molecule has 1 N–H and O–H groups in total. The third-order valence-electron chi connectivity index (χ3n) is 3.99. The number of imidazole rings is 1. The number of benzene rings is 2. The summed E-state index contributed by atoms with van der Waals surface area (Å²) in [4.78, 5) is 16.4. The lowest BCUT2D eigenvalue weighted by atomic mass is 10.1. The number of para-hydroxylation sites is 2. The van der Waals surface area contributed by atoms with Gasteiger partial charge in [0, 0.05) is 18.9 Å². The molecule has 0 bridgehead atoms. The molecule has 5 nitrogen and oxygen atoms in total. The minimum atomic E-state index is -0.568. The first-order valence-corrected chi connectivity index (χ1v) is 8.21. The minimum Gasteiger partial charge on any atom is -0.481 e. The molecule has 0 aliphatic heterocycles. The first kappa shape index (κ1) is 16.8. The smallest absolute Gasteiger partial charge is 0.261 e. The van der Waals surface area contributed by atoms with Gasteiger partial charge >= 0.3 is 0 Å². The SMILES string of the molecule is Cc1ccccc1O[C@H](C)C(=O)NCc1ccccc1-n1ccnc1. The predicted octanol–water partition coefficient (Wildman–Crippen LogP) is 3.26. The van der Waals surface area contributed by atoms with Crippen LogP contribution in [0.2, 0.25) is 0 Å². The highest BCUT2D eigenvalue weighted by Gasteiger charge is 2.15. The van der Waals surface area contributed by atoms with Crippen LogP contribution in [0.15, 0.2) is 67.3 Å². The average Bonchev–Trinajstić information content (AvgIpc) is 3.16. The molecule has 0 aliphatic carbocycles. The van der Waals surface area contributed by atoms with Gasteiger partial charge in [-0.3, -0.25) is 4.79 Å². The first-order chi connectivity index (χ1) is 12.1. The summed E-state index contributed by atoms with van der Waals surface area (Å²) in [7, 11) is 0. The summed E-state index contributed by atoms with van der Waals surface area (Å²) in [5, 5.41) is 2.94. The molecule has 25 heavy (non-hydrogen) atoms. The molecule has 0 spiro atoms. The fourth-order valence-corrected chi connectivity index (χ4v) is 2.57. The molecule has 2 aromatic carbocycles. The van der Waals surface area contributed by atoms with Crippen molar-refractivity contribution in [1.29, 1.82) is 0 Å². The fraction of sp³-hybridized carbons (Fsp3) is 0.200. The van der Waals surface area contributed by atoms with E-state index in [1.807, 2.05) is 66.2 Å². The highest BCUT2D eigenvalue weighted by Crippen LogP contribution is 2.18. The number of rotatable bonds is 6. The summed E-state index contributed by atoms with van der Waals surface area (Å²) in [6, 6.07) is 15.6. The van der Waals surface area contributed by atoms with E-state index in [0.717, 1.165) is 22.6 Å². The van der Waals surface area contributed by atoms with Gasteiger partial charge in [-0.05, 0) is 37.1 Å². The number of hydrogen-bond donors (Lipinski definition) is 1. The Balaban J connectivity index is 1.64. The van der Waals surface area contributed by atoms with Crippen LogP contribution in [-0.2, 0) is 11.3 Å². The number of ether oxygens (including phenoxy) is 1. The number of nitrogens with zero attached hydrogens (tertiary/aromatic N) is 2. The highest BCUT2D eigenvalue weighted by molar-refractivity contribution is 5.80. The van der Waals surface area contributed by atoms with E-state index in [2.05, 4.69) is 10.3 Å². The molecule has 1 aromatic heterocycles. The molecule has 0 saturated carbocycles. The van der Waals surface area contributed by atoms with Crippen LogP contribution >= 0.6 is 0 Å². The van der Waals surface area contributed by atoms with E-state index in [9.17, 15) is 4.79 Å². The summed E-state index contributed by atoms with van der Waals surface area (Å²) in [5.74, 6) is 0.577. The molecule has 3 rings (SSSR count). The maximum Gasteiger partial charge on any atom is 0.261 e. The lowest BCUT2D eigenvalue weighted by Crippen LogP contribution is -2.36. The second kappa shape index (κ2) is 7.66. The van der Waals surface area contributed by atoms with Crippen molar-refractivity contribution in [1.82, 2.24) is 14.9 Å². The van der Waals surface area contributed by atoms with E-state index in [1.165, 1.54) is 0 Å². The Hall–Kier alpha value is -3.08. The number of nitrogens with one attached hydrogen (secondary N) is 1. The Bertz CT molecular complexity index is 844.